The average Bonchev–Trinajstić information content (AvgIpc) is 2.69. The molecule has 0 saturated heterocycles. The fourth-order valence-corrected chi connectivity index (χ4v) is 2.16. The van der Waals surface area contributed by atoms with Crippen molar-refractivity contribution in [3.63, 3.8) is 0 Å². The highest BCUT2D eigenvalue weighted by Crippen LogP contribution is 2.23. The number of hydrogen-bond acceptors (Lipinski definition) is 4. The highest BCUT2D eigenvalue weighted by molar-refractivity contribution is 8.13. The van der Waals surface area contributed by atoms with Gasteiger partial charge in [0.15, 0.2) is 0 Å². The van der Waals surface area contributed by atoms with E-state index in [-0.39, 0.29) is 23.1 Å². The van der Waals surface area contributed by atoms with E-state index in [2.05, 4.69) is 5.10 Å². The predicted molar refractivity (Wildman–Crippen MR) is 61.1 cm³/mol. The molecule has 1 aromatic rings. The molecule has 1 aromatic heterocycles. The summed E-state index contributed by atoms with van der Waals surface area (Å²) in [5.74, 6) is 0. The molecule has 0 aliphatic rings. The van der Waals surface area contributed by atoms with E-state index in [0.29, 0.717) is 12.6 Å². The Hall–Kier alpha value is -0.730. The number of ether oxygens (including phenoxy) is 1. The number of halogens is 3. The molecule has 0 amide bonds. The van der Waals surface area contributed by atoms with Gasteiger partial charge in [-0.05, 0) is 13.3 Å². The number of alkyl halides is 2. The summed E-state index contributed by atoms with van der Waals surface area (Å²) in [5, 5.41) is 3.46. The lowest BCUT2D eigenvalue weighted by molar-refractivity contribution is 0.0410. The summed E-state index contributed by atoms with van der Waals surface area (Å²) in [6.45, 7) is 0.538. The SMILES string of the molecule is CC[C@@H](C)OCc1nn(C(F)F)cc1S(=O)(=O)Cl. The first kappa shape index (κ1) is 15.3. The van der Waals surface area contributed by atoms with Gasteiger partial charge in [-0.3, -0.25) is 0 Å². The van der Waals surface area contributed by atoms with Crippen LogP contribution in [0.1, 0.15) is 32.5 Å². The molecule has 5 nitrogen and oxygen atoms in total. The Morgan fingerprint density at radius 2 is 2.17 bits per heavy atom. The second-order valence-corrected chi connectivity index (χ2v) is 6.20. The van der Waals surface area contributed by atoms with E-state index < -0.39 is 20.5 Å². The lowest BCUT2D eigenvalue weighted by atomic mass is 10.3. The van der Waals surface area contributed by atoms with E-state index in [1.165, 1.54) is 0 Å². The van der Waals surface area contributed by atoms with Crippen LogP contribution in [0.4, 0.5) is 8.78 Å². The molecule has 0 aliphatic carbocycles. The summed E-state index contributed by atoms with van der Waals surface area (Å²) in [6.07, 6.45) is 1.27. The smallest absolute Gasteiger partial charge is 0.333 e. The van der Waals surface area contributed by atoms with Crippen LogP contribution in [0.25, 0.3) is 0 Å². The molecule has 9 heteroatoms. The van der Waals surface area contributed by atoms with Gasteiger partial charge in [0.2, 0.25) is 0 Å². The van der Waals surface area contributed by atoms with Crippen LogP contribution in [0.5, 0.6) is 0 Å². The molecule has 1 heterocycles. The third kappa shape index (κ3) is 3.89. The van der Waals surface area contributed by atoms with Crippen LogP contribution in [-0.2, 0) is 20.4 Å². The van der Waals surface area contributed by atoms with Gasteiger partial charge in [0.25, 0.3) is 9.05 Å². The van der Waals surface area contributed by atoms with E-state index in [0.717, 1.165) is 0 Å². The lowest BCUT2D eigenvalue weighted by Crippen LogP contribution is -2.08. The van der Waals surface area contributed by atoms with Gasteiger partial charge < -0.3 is 4.74 Å². The first-order valence-electron chi connectivity index (χ1n) is 5.18. The van der Waals surface area contributed by atoms with Crippen LogP contribution >= 0.6 is 10.7 Å². The van der Waals surface area contributed by atoms with Crippen molar-refractivity contribution >= 4 is 19.7 Å². The molecule has 0 aromatic carbocycles. The Kier molecular flexibility index (Phi) is 5.06. The normalized spacial score (nSPS) is 14.1. The summed E-state index contributed by atoms with van der Waals surface area (Å²) in [7, 11) is 1.02. The van der Waals surface area contributed by atoms with E-state index in [9.17, 15) is 17.2 Å². The average molecular weight is 303 g/mol. The van der Waals surface area contributed by atoms with E-state index in [1.807, 2.05) is 6.92 Å². The highest BCUT2D eigenvalue weighted by Gasteiger charge is 2.23. The molecule has 0 unspecified atom stereocenters. The van der Waals surface area contributed by atoms with Crippen molar-refractivity contribution in [2.45, 2.75) is 44.4 Å². The quantitative estimate of drug-likeness (QED) is 0.758. The van der Waals surface area contributed by atoms with Crippen LogP contribution < -0.4 is 0 Å². The summed E-state index contributed by atoms with van der Waals surface area (Å²) in [6, 6.07) is 0. The fraction of sp³-hybridized carbons (Fsp3) is 0.667. The van der Waals surface area contributed by atoms with E-state index in [1.54, 1.807) is 6.92 Å². The fourth-order valence-electron chi connectivity index (χ4n) is 1.15. The number of nitrogens with zero attached hydrogens (tertiary/aromatic N) is 2. The Morgan fingerprint density at radius 3 is 2.61 bits per heavy atom. The van der Waals surface area contributed by atoms with Crippen molar-refractivity contribution in [2.75, 3.05) is 0 Å². The maximum atomic E-state index is 12.4. The van der Waals surface area contributed by atoms with Gasteiger partial charge in [0.05, 0.1) is 18.9 Å². The van der Waals surface area contributed by atoms with Crippen LogP contribution in [-0.4, -0.2) is 24.3 Å². The third-order valence-corrected chi connectivity index (χ3v) is 3.68. The summed E-state index contributed by atoms with van der Waals surface area (Å²) in [5.41, 5.74) is -0.120. The van der Waals surface area contributed by atoms with E-state index in [4.69, 9.17) is 15.4 Å². The van der Waals surface area contributed by atoms with Crippen LogP contribution in [0.15, 0.2) is 11.1 Å². The summed E-state index contributed by atoms with van der Waals surface area (Å²) in [4.78, 5) is -0.451. The minimum absolute atomic E-state index is 0.120. The Bertz CT molecular complexity index is 504. The molecule has 104 valence electrons. The van der Waals surface area contributed by atoms with Crippen molar-refractivity contribution in [1.82, 2.24) is 9.78 Å². The van der Waals surface area contributed by atoms with Gasteiger partial charge in [-0.15, -0.1) is 0 Å². The van der Waals surface area contributed by atoms with Crippen molar-refractivity contribution in [1.29, 1.82) is 0 Å². The van der Waals surface area contributed by atoms with E-state index >= 15 is 0 Å². The molecule has 0 spiro atoms. The standard InChI is InChI=1S/C9H13ClF2N2O3S/c1-3-6(2)17-5-7-8(18(10,15)16)4-14(13-7)9(11)12/h4,6,9H,3,5H2,1-2H3/t6-/m1/s1. The summed E-state index contributed by atoms with van der Waals surface area (Å²) >= 11 is 0. The van der Waals surface area contributed by atoms with Crippen molar-refractivity contribution in [2.24, 2.45) is 0 Å². The van der Waals surface area contributed by atoms with Gasteiger partial charge in [0.1, 0.15) is 10.6 Å². The van der Waals surface area contributed by atoms with Crippen LogP contribution in [0.2, 0.25) is 0 Å². The largest absolute Gasteiger partial charge is 0.372 e. The van der Waals surface area contributed by atoms with Gasteiger partial charge in [-0.25, -0.2) is 13.1 Å². The number of hydrogen-bond donors (Lipinski definition) is 0. The minimum atomic E-state index is -4.13. The van der Waals surface area contributed by atoms with Gasteiger partial charge >= 0.3 is 6.55 Å². The molecule has 1 atom stereocenters. The molecule has 0 fully saturated rings. The molecular formula is C9H13ClF2N2O3S. The molecule has 0 saturated carbocycles. The highest BCUT2D eigenvalue weighted by atomic mass is 35.7. The molecule has 1 rings (SSSR count). The zero-order valence-electron chi connectivity index (χ0n) is 9.81. The molecule has 0 radical (unpaired) electrons. The lowest BCUT2D eigenvalue weighted by Gasteiger charge is -2.09. The Labute approximate surface area is 108 Å². The first-order chi connectivity index (χ1) is 8.25. The van der Waals surface area contributed by atoms with Crippen molar-refractivity contribution in [3.8, 4) is 0 Å². The Morgan fingerprint density at radius 1 is 1.56 bits per heavy atom. The minimum Gasteiger partial charge on any atom is -0.372 e. The molecule has 0 aliphatic heterocycles. The van der Waals surface area contributed by atoms with Gasteiger partial charge in [-0.2, -0.15) is 13.9 Å². The maximum Gasteiger partial charge on any atom is 0.333 e. The molecule has 0 N–H and O–H groups in total. The number of rotatable bonds is 6. The number of aromatic nitrogens is 2. The second kappa shape index (κ2) is 5.94. The second-order valence-electron chi connectivity index (χ2n) is 3.67. The van der Waals surface area contributed by atoms with Gasteiger partial charge in [0, 0.05) is 10.7 Å². The monoisotopic (exact) mass is 302 g/mol. The Balaban J connectivity index is 3.01. The first-order valence-corrected chi connectivity index (χ1v) is 7.49. The molecular weight excluding hydrogens is 290 g/mol. The maximum absolute atomic E-state index is 12.4. The molecule has 0 bridgehead atoms. The third-order valence-electron chi connectivity index (χ3n) is 2.31. The molecule has 18 heavy (non-hydrogen) atoms. The van der Waals surface area contributed by atoms with Crippen LogP contribution in [0.3, 0.4) is 0 Å². The predicted octanol–water partition coefficient (Wildman–Crippen LogP) is 2.52. The van der Waals surface area contributed by atoms with Crippen molar-refractivity contribution < 1.29 is 21.9 Å². The van der Waals surface area contributed by atoms with Crippen LogP contribution in [0, 0.1) is 0 Å². The zero-order valence-corrected chi connectivity index (χ0v) is 11.4. The topological polar surface area (TPSA) is 61.2 Å². The van der Waals surface area contributed by atoms with Gasteiger partial charge in [-0.1, -0.05) is 6.92 Å². The summed E-state index contributed by atoms with van der Waals surface area (Å²) < 4.78 is 52.8. The zero-order chi connectivity index (χ0) is 13.9. The van der Waals surface area contributed by atoms with Crippen molar-refractivity contribution in [3.05, 3.63) is 11.9 Å².